The van der Waals surface area contributed by atoms with Gasteiger partial charge in [0.1, 0.15) is 0 Å². The summed E-state index contributed by atoms with van der Waals surface area (Å²) in [6, 6.07) is -0.438. The summed E-state index contributed by atoms with van der Waals surface area (Å²) in [5.74, 6) is -0.103. The van der Waals surface area contributed by atoms with Gasteiger partial charge in [-0.2, -0.15) is 0 Å². The van der Waals surface area contributed by atoms with E-state index in [-0.39, 0.29) is 5.91 Å². The molecule has 0 aliphatic heterocycles. The van der Waals surface area contributed by atoms with Crippen molar-refractivity contribution in [3.05, 3.63) is 0 Å². The lowest BCUT2D eigenvalue weighted by Gasteiger charge is -2.27. The summed E-state index contributed by atoms with van der Waals surface area (Å²) >= 11 is 0. The van der Waals surface area contributed by atoms with Crippen molar-refractivity contribution in [3.63, 3.8) is 0 Å². The molecule has 0 aliphatic rings. The molecule has 0 aromatic rings. The van der Waals surface area contributed by atoms with Gasteiger partial charge in [-0.05, 0) is 20.3 Å². The van der Waals surface area contributed by atoms with Gasteiger partial charge in [0, 0.05) is 13.6 Å². The van der Waals surface area contributed by atoms with E-state index in [4.69, 9.17) is 5.73 Å². The number of nitrogens with zero attached hydrogens (tertiary/aromatic N) is 1. The van der Waals surface area contributed by atoms with Gasteiger partial charge in [0.15, 0.2) is 0 Å². The molecule has 0 radical (unpaired) electrons. The Bertz CT molecular complexity index is 187. The van der Waals surface area contributed by atoms with Crippen LogP contribution >= 0.6 is 0 Å². The Morgan fingerprint density at radius 1 is 1.57 bits per heavy atom. The SMILES string of the molecule is CCC[C@H](N)C(=O)N(C)CC(C)(C)O. The fraction of sp³-hybridized carbons (Fsp3) is 0.900. The number of hydrogen-bond acceptors (Lipinski definition) is 3. The first-order valence-corrected chi connectivity index (χ1v) is 5.01. The van der Waals surface area contributed by atoms with E-state index in [1.54, 1.807) is 20.9 Å². The zero-order valence-electron chi connectivity index (χ0n) is 9.58. The van der Waals surface area contributed by atoms with E-state index in [1.165, 1.54) is 4.90 Å². The lowest BCUT2D eigenvalue weighted by atomic mass is 10.1. The quantitative estimate of drug-likeness (QED) is 0.675. The van der Waals surface area contributed by atoms with E-state index in [0.29, 0.717) is 13.0 Å². The molecule has 1 atom stereocenters. The topological polar surface area (TPSA) is 66.6 Å². The Hall–Kier alpha value is -0.610. The van der Waals surface area contributed by atoms with E-state index >= 15 is 0 Å². The predicted molar refractivity (Wildman–Crippen MR) is 56.8 cm³/mol. The van der Waals surface area contributed by atoms with Crippen molar-refractivity contribution in [2.75, 3.05) is 13.6 Å². The minimum atomic E-state index is -0.865. The van der Waals surface area contributed by atoms with Crippen LogP contribution in [0.2, 0.25) is 0 Å². The molecule has 4 heteroatoms. The van der Waals surface area contributed by atoms with Crippen LogP contribution < -0.4 is 5.73 Å². The summed E-state index contributed by atoms with van der Waals surface area (Å²) in [6.45, 7) is 5.64. The molecule has 0 saturated heterocycles. The molecule has 0 unspecified atom stereocenters. The number of aliphatic hydroxyl groups is 1. The van der Waals surface area contributed by atoms with Crippen molar-refractivity contribution >= 4 is 5.91 Å². The van der Waals surface area contributed by atoms with Crippen molar-refractivity contribution in [3.8, 4) is 0 Å². The molecule has 0 fully saturated rings. The van der Waals surface area contributed by atoms with Crippen LogP contribution in [0, 0.1) is 0 Å². The maximum atomic E-state index is 11.6. The van der Waals surface area contributed by atoms with Gasteiger partial charge in [0.05, 0.1) is 11.6 Å². The molecular formula is C10H22N2O2. The van der Waals surface area contributed by atoms with Crippen LogP contribution in [-0.2, 0) is 4.79 Å². The largest absolute Gasteiger partial charge is 0.389 e. The minimum absolute atomic E-state index is 0.103. The molecule has 0 spiro atoms. The van der Waals surface area contributed by atoms with Gasteiger partial charge in [-0.1, -0.05) is 13.3 Å². The Morgan fingerprint density at radius 2 is 2.07 bits per heavy atom. The highest BCUT2D eigenvalue weighted by Crippen LogP contribution is 2.05. The van der Waals surface area contributed by atoms with Crippen LogP contribution in [0.1, 0.15) is 33.6 Å². The maximum absolute atomic E-state index is 11.6. The summed E-state index contributed by atoms with van der Waals surface area (Å²) in [5.41, 5.74) is 4.81. The van der Waals surface area contributed by atoms with Gasteiger partial charge in [0.2, 0.25) is 5.91 Å². The first kappa shape index (κ1) is 13.4. The first-order chi connectivity index (χ1) is 6.28. The molecule has 3 N–H and O–H groups in total. The number of amides is 1. The first-order valence-electron chi connectivity index (χ1n) is 5.01. The number of likely N-dealkylation sites (N-methyl/N-ethyl adjacent to an activating group) is 1. The molecule has 14 heavy (non-hydrogen) atoms. The number of hydrogen-bond donors (Lipinski definition) is 2. The fourth-order valence-electron chi connectivity index (χ4n) is 1.38. The second kappa shape index (κ2) is 5.32. The molecule has 0 aliphatic carbocycles. The molecule has 0 rings (SSSR count). The van der Waals surface area contributed by atoms with Crippen molar-refractivity contribution in [1.29, 1.82) is 0 Å². The van der Waals surface area contributed by atoms with Gasteiger partial charge in [-0.3, -0.25) is 4.79 Å². The Balaban J connectivity index is 4.12. The van der Waals surface area contributed by atoms with Crippen LogP contribution in [0.15, 0.2) is 0 Å². The predicted octanol–water partition coefficient (Wildman–Crippen LogP) is 0.343. The standard InChI is InChI=1S/C10H22N2O2/c1-5-6-8(11)9(13)12(4)7-10(2,3)14/h8,14H,5-7,11H2,1-4H3/t8-/m0/s1. The highest BCUT2D eigenvalue weighted by Gasteiger charge is 2.22. The van der Waals surface area contributed by atoms with E-state index in [0.717, 1.165) is 6.42 Å². The Labute approximate surface area is 86.1 Å². The number of carbonyl (C=O) groups excluding carboxylic acids is 1. The minimum Gasteiger partial charge on any atom is -0.389 e. The third-order valence-electron chi connectivity index (χ3n) is 1.92. The monoisotopic (exact) mass is 202 g/mol. The lowest BCUT2D eigenvalue weighted by molar-refractivity contribution is -0.134. The number of rotatable bonds is 5. The van der Waals surface area contributed by atoms with E-state index in [9.17, 15) is 9.90 Å². The van der Waals surface area contributed by atoms with Crippen molar-refractivity contribution in [2.45, 2.75) is 45.3 Å². The summed E-state index contributed by atoms with van der Waals surface area (Å²) in [4.78, 5) is 13.1. The molecular weight excluding hydrogens is 180 g/mol. The number of carbonyl (C=O) groups is 1. The van der Waals surface area contributed by atoms with Crippen LogP contribution in [-0.4, -0.2) is 41.1 Å². The molecule has 1 amide bonds. The molecule has 0 aromatic heterocycles. The zero-order valence-corrected chi connectivity index (χ0v) is 9.58. The van der Waals surface area contributed by atoms with Crippen LogP contribution in [0.4, 0.5) is 0 Å². The Morgan fingerprint density at radius 3 is 2.43 bits per heavy atom. The summed E-state index contributed by atoms with van der Waals surface area (Å²) in [7, 11) is 1.66. The Kier molecular flexibility index (Phi) is 5.08. The molecule has 84 valence electrons. The normalized spacial score (nSPS) is 13.9. The van der Waals surface area contributed by atoms with E-state index < -0.39 is 11.6 Å². The zero-order chi connectivity index (χ0) is 11.4. The van der Waals surface area contributed by atoms with E-state index in [2.05, 4.69) is 0 Å². The lowest BCUT2D eigenvalue weighted by Crippen LogP contribution is -2.46. The van der Waals surface area contributed by atoms with Gasteiger partial charge in [-0.15, -0.1) is 0 Å². The highest BCUT2D eigenvalue weighted by atomic mass is 16.3. The molecule has 0 bridgehead atoms. The van der Waals surface area contributed by atoms with Crippen LogP contribution in [0.3, 0.4) is 0 Å². The van der Waals surface area contributed by atoms with Crippen molar-refractivity contribution in [2.24, 2.45) is 5.73 Å². The second-order valence-electron chi connectivity index (χ2n) is 4.40. The second-order valence-corrected chi connectivity index (χ2v) is 4.40. The third-order valence-corrected chi connectivity index (χ3v) is 1.92. The smallest absolute Gasteiger partial charge is 0.239 e. The fourth-order valence-corrected chi connectivity index (χ4v) is 1.38. The summed E-state index contributed by atoms with van der Waals surface area (Å²) < 4.78 is 0. The average Bonchev–Trinajstić information content (AvgIpc) is 2.00. The van der Waals surface area contributed by atoms with Crippen LogP contribution in [0.25, 0.3) is 0 Å². The van der Waals surface area contributed by atoms with Crippen molar-refractivity contribution < 1.29 is 9.90 Å². The summed E-state index contributed by atoms with van der Waals surface area (Å²) in [5, 5.41) is 9.51. The molecule has 0 heterocycles. The third kappa shape index (κ3) is 5.19. The summed E-state index contributed by atoms with van der Waals surface area (Å²) in [6.07, 6.45) is 1.58. The maximum Gasteiger partial charge on any atom is 0.239 e. The number of nitrogens with two attached hydrogens (primary N) is 1. The molecule has 0 saturated carbocycles. The van der Waals surface area contributed by atoms with E-state index in [1.807, 2.05) is 6.92 Å². The molecule has 0 aromatic carbocycles. The van der Waals surface area contributed by atoms with Crippen LogP contribution in [0.5, 0.6) is 0 Å². The van der Waals surface area contributed by atoms with Gasteiger partial charge >= 0.3 is 0 Å². The van der Waals surface area contributed by atoms with Gasteiger partial charge in [-0.25, -0.2) is 0 Å². The molecule has 4 nitrogen and oxygen atoms in total. The van der Waals surface area contributed by atoms with Gasteiger partial charge in [0.25, 0.3) is 0 Å². The average molecular weight is 202 g/mol. The highest BCUT2D eigenvalue weighted by molar-refractivity contribution is 5.81. The van der Waals surface area contributed by atoms with Crippen molar-refractivity contribution in [1.82, 2.24) is 4.90 Å². The van der Waals surface area contributed by atoms with Gasteiger partial charge < -0.3 is 15.7 Å².